The van der Waals surface area contributed by atoms with E-state index in [4.69, 9.17) is 10.1 Å². The first-order valence-electron chi connectivity index (χ1n) is 16.4. The van der Waals surface area contributed by atoms with E-state index in [0.29, 0.717) is 22.2 Å². The lowest BCUT2D eigenvalue weighted by Crippen LogP contribution is -2.40. The number of hydrogen-bond donors (Lipinski definition) is 2. The molecule has 0 spiro atoms. The summed E-state index contributed by atoms with van der Waals surface area (Å²) >= 11 is 1.27. The molecule has 1 unspecified atom stereocenters. The van der Waals surface area contributed by atoms with Crippen LogP contribution in [-0.2, 0) is 26.0 Å². The summed E-state index contributed by atoms with van der Waals surface area (Å²) in [5.41, 5.74) is 4.24. The fourth-order valence-electron chi connectivity index (χ4n) is 5.87. The van der Waals surface area contributed by atoms with E-state index in [9.17, 15) is 18.0 Å². The van der Waals surface area contributed by atoms with Gasteiger partial charge >= 0.3 is 5.97 Å². The van der Waals surface area contributed by atoms with Crippen molar-refractivity contribution in [1.82, 2.24) is 14.3 Å². The van der Waals surface area contributed by atoms with E-state index >= 15 is 0 Å². The van der Waals surface area contributed by atoms with Gasteiger partial charge in [-0.3, -0.25) is 10.2 Å². The number of benzene rings is 3. The average Bonchev–Trinajstić information content (AvgIpc) is 3.75. The Labute approximate surface area is 301 Å². The average molecular weight is 719 g/mol. The normalized spacial score (nSPS) is 12.4. The van der Waals surface area contributed by atoms with Crippen LogP contribution < -0.4 is 5.32 Å². The number of aryl methyl sites for hydroxylation is 1. The molecule has 0 aliphatic carbocycles. The summed E-state index contributed by atoms with van der Waals surface area (Å²) in [6, 6.07) is 28.6. The first-order chi connectivity index (χ1) is 24.3. The third-order valence-corrected chi connectivity index (χ3v) is 10.9. The second-order valence-corrected chi connectivity index (χ2v) is 16.0. The Hall–Kier alpha value is -5.39. The Balaban J connectivity index is 1.40. The summed E-state index contributed by atoms with van der Waals surface area (Å²) in [5, 5.41) is 14.2. The second-order valence-electron chi connectivity index (χ2n) is 13.3. The van der Waals surface area contributed by atoms with Gasteiger partial charge in [0.25, 0.3) is 15.9 Å². The van der Waals surface area contributed by atoms with Crippen molar-refractivity contribution in [3.8, 4) is 22.3 Å². The van der Waals surface area contributed by atoms with Gasteiger partial charge in [0.2, 0.25) is 0 Å². The number of amides is 1. The summed E-state index contributed by atoms with van der Waals surface area (Å²) in [6.07, 6.45) is 3.44. The van der Waals surface area contributed by atoms with E-state index in [2.05, 4.69) is 10.3 Å². The van der Waals surface area contributed by atoms with Crippen molar-refractivity contribution >= 4 is 50.0 Å². The first-order valence-corrected chi connectivity index (χ1v) is 18.7. The number of thiophene rings is 1. The number of pyridine rings is 1. The van der Waals surface area contributed by atoms with Crippen molar-refractivity contribution in [2.24, 2.45) is 0 Å². The van der Waals surface area contributed by atoms with Crippen LogP contribution in [0.3, 0.4) is 0 Å². The van der Waals surface area contributed by atoms with Gasteiger partial charge in [0.15, 0.2) is 5.65 Å². The zero-order valence-electron chi connectivity index (χ0n) is 28.7. The van der Waals surface area contributed by atoms with E-state index in [0.717, 1.165) is 27.8 Å². The maximum Gasteiger partial charge on any atom is 0.352 e. The summed E-state index contributed by atoms with van der Waals surface area (Å²) < 4.78 is 33.9. The Kier molecular flexibility index (Phi) is 10.0. The van der Waals surface area contributed by atoms with E-state index in [-0.39, 0.29) is 28.6 Å². The van der Waals surface area contributed by atoms with Gasteiger partial charge in [-0.05, 0) is 75.1 Å². The van der Waals surface area contributed by atoms with Crippen molar-refractivity contribution in [2.75, 3.05) is 0 Å². The molecule has 3 aromatic heterocycles. The number of nitrogens with zero attached hydrogens (tertiary/aromatic N) is 2. The highest BCUT2D eigenvalue weighted by molar-refractivity contribution is 7.90. The fourth-order valence-corrected chi connectivity index (χ4v) is 8.19. The molecular formula is C40H38N4O5S2. The molecule has 0 saturated carbocycles. The summed E-state index contributed by atoms with van der Waals surface area (Å²) in [6.45, 7) is 7.23. The molecule has 11 heteroatoms. The van der Waals surface area contributed by atoms with E-state index in [1.54, 1.807) is 63.4 Å². The molecule has 6 rings (SSSR count). The van der Waals surface area contributed by atoms with Gasteiger partial charge in [-0.1, -0.05) is 78.4 Å². The van der Waals surface area contributed by atoms with E-state index in [1.165, 1.54) is 21.5 Å². The molecule has 9 nitrogen and oxygen atoms in total. The number of carbonyl (C=O) groups excluding carboxylic acids is 2. The molecule has 0 saturated heterocycles. The number of aromatic nitrogens is 2. The molecule has 0 aliphatic rings. The lowest BCUT2D eigenvalue weighted by atomic mass is 9.94. The smallest absolute Gasteiger partial charge is 0.352 e. The van der Waals surface area contributed by atoms with Gasteiger partial charge in [-0.15, -0.1) is 11.3 Å². The van der Waals surface area contributed by atoms with Crippen LogP contribution in [0.5, 0.6) is 0 Å². The van der Waals surface area contributed by atoms with Crippen LogP contribution >= 0.6 is 11.3 Å². The number of ether oxygens (including phenoxy) is 1. The maximum absolute atomic E-state index is 14.3. The zero-order chi connectivity index (χ0) is 36.3. The Morgan fingerprint density at radius 2 is 1.59 bits per heavy atom. The van der Waals surface area contributed by atoms with Crippen molar-refractivity contribution < 1.29 is 22.7 Å². The minimum atomic E-state index is -3.92. The Morgan fingerprint density at radius 1 is 0.922 bits per heavy atom. The molecule has 2 N–H and O–H groups in total. The monoisotopic (exact) mass is 718 g/mol. The minimum Gasteiger partial charge on any atom is -0.456 e. The third-order valence-electron chi connectivity index (χ3n) is 8.24. The lowest BCUT2D eigenvalue weighted by Gasteiger charge is -2.22. The summed E-state index contributed by atoms with van der Waals surface area (Å²) in [4.78, 5) is 32.1. The van der Waals surface area contributed by atoms with Crippen LogP contribution in [-0.4, -0.2) is 46.6 Å². The highest BCUT2D eigenvalue weighted by Gasteiger charge is 2.28. The molecule has 6 aromatic rings. The minimum absolute atomic E-state index is 0.0258. The molecule has 3 aromatic carbocycles. The van der Waals surface area contributed by atoms with Gasteiger partial charge in [0.05, 0.1) is 4.90 Å². The number of fused-ring (bicyclic) bond motifs is 1. The van der Waals surface area contributed by atoms with Gasteiger partial charge < -0.3 is 10.1 Å². The Bertz CT molecular complexity index is 2320. The van der Waals surface area contributed by atoms with Crippen LogP contribution in [0.2, 0.25) is 0 Å². The number of esters is 1. The highest BCUT2D eigenvalue weighted by Crippen LogP contribution is 2.42. The van der Waals surface area contributed by atoms with Gasteiger partial charge in [0.1, 0.15) is 16.2 Å². The van der Waals surface area contributed by atoms with E-state index < -0.39 is 27.6 Å². The molecule has 0 radical (unpaired) electrons. The largest absolute Gasteiger partial charge is 0.456 e. The lowest BCUT2D eigenvalue weighted by molar-refractivity contribution is -0.146. The standard InChI is InChI=1S/C40H38N4O5S2/c1-26-15-17-28(18-16-26)35-33(31-19-21-42-37-32(31)20-22-44(37)51(47,48)30-13-9-6-10-14-30)25-50-36(35)38(45)43-29(23-27-11-7-5-8-12-27)24-34(41)39(46)49-40(2,3)4/h5-22,25,29,41H,23-24H2,1-4H3,(H,43,45). The molecule has 0 bridgehead atoms. The molecule has 1 atom stereocenters. The predicted molar refractivity (Wildman–Crippen MR) is 202 cm³/mol. The van der Waals surface area contributed by atoms with Crippen LogP contribution in [0.25, 0.3) is 33.3 Å². The van der Waals surface area contributed by atoms with Crippen molar-refractivity contribution in [3.63, 3.8) is 0 Å². The maximum atomic E-state index is 14.3. The number of carbonyl (C=O) groups is 2. The highest BCUT2D eigenvalue weighted by atomic mass is 32.2. The van der Waals surface area contributed by atoms with Crippen molar-refractivity contribution in [3.05, 3.63) is 131 Å². The summed E-state index contributed by atoms with van der Waals surface area (Å²) in [7, 11) is -3.92. The molecule has 3 heterocycles. The number of nitrogens with one attached hydrogen (secondary N) is 2. The van der Waals surface area contributed by atoms with Crippen LogP contribution in [0, 0.1) is 12.3 Å². The van der Waals surface area contributed by atoms with Crippen molar-refractivity contribution in [1.29, 1.82) is 5.41 Å². The van der Waals surface area contributed by atoms with Gasteiger partial charge in [0, 0.05) is 46.7 Å². The summed E-state index contributed by atoms with van der Waals surface area (Å²) in [5.74, 6) is -1.08. The van der Waals surface area contributed by atoms with Gasteiger partial charge in [-0.25, -0.2) is 22.2 Å². The number of hydrogen-bond acceptors (Lipinski definition) is 8. The van der Waals surface area contributed by atoms with E-state index in [1.807, 2.05) is 73.0 Å². The molecule has 0 fully saturated rings. The molecule has 0 aliphatic heterocycles. The zero-order valence-corrected chi connectivity index (χ0v) is 30.3. The SMILES string of the molecule is Cc1ccc(-c2c(-c3ccnc4c3ccn4S(=O)(=O)c3ccccc3)csc2C(=O)NC(CC(=N)C(=O)OC(C)(C)C)Cc2ccccc2)cc1. The van der Waals surface area contributed by atoms with Crippen LogP contribution in [0.15, 0.2) is 120 Å². The molecular weight excluding hydrogens is 681 g/mol. The third kappa shape index (κ3) is 7.84. The quantitative estimate of drug-likeness (QED) is 0.103. The molecule has 51 heavy (non-hydrogen) atoms. The van der Waals surface area contributed by atoms with Crippen LogP contribution in [0.1, 0.15) is 48.0 Å². The second kappa shape index (κ2) is 14.5. The van der Waals surface area contributed by atoms with Gasteiger partial charge in [-0.2, -0.15) is 0 Å². The number of rotatable bonds is 11. The fraction of sp³-hybridized carbons (Fsp3) is 0.200. The van der Waals surface area contributed by atoms with Crippen molar-refractivity contribution in [2.45, 2.75) is 57.1 Å². The first kappa shape index (κ1) is 35.4. The Morgan fingerprint density at radius 3 is 2.25 bits per heavy atom. The topological polar surface area (TPSA) is 131 Å². The molecule has 1 amide bonds. The predicted octanol–water partition coefficient (Wildman–Crippen LogP) is 8.07. The molecule has 260 valence electrons. The van der Waals surface area contributed by atoms with Crippen LogP contribution in [0.4, 0.5) is 0 Å².